The molecule has 0 unspecified atom stereocenters. The molecule has 0 bridgehead atoms. The van der Waals surface area contributed by atoms with Crippen molar-refractivity contribution in [3.05, 3.63) is 23.3 Å². The molecule has 14 heavy (non-hydrogen) atoms. The number of carbonyl (C=O) groups is 1. The third-order valence-corrected chi connectivity index (χ3v) is 3.17. The van der Waals surface area contributed by atoms with Gasteiger partial charge in [0.1, 0.15) is 0 Å². The summed E-state index contributed by atoms with van der Waals surface area (Å²) in [4.78, 5) is 11.8. The maximum absolute atomic E-state index is 11.8. The molecule has 0 amide bonds. The highest BCUT2D eigenvalue weighted by Crippen LogP contribution is 2.25. The van der Waals surface area contributed by atoms with Crippen LogP contribution in [0.15, 0.2) is 23.3 Å². The van der Waals surface area contributed by atoms with Gasteiger partial charge in [0.05, 0.1) is 0 Å². The topological polar surface area (TPSA) is 17.1 Å². The van der Waals surface area contributed by atoms with Gasteiger partial charge in [-0.15, -0.1) is 0 Å². The fourth-order valence-electron chi connectivity index (χ4n) is 2.31. The molecule has 0 aromatic rings. The lowest BCUT2D eigenvalue weighted by molar-refractivity contribution is -0.115. The Morgan fingerprint density at radius 2 is 1.93 bits per heavy atom. The summed E-state index contributed by atoms with van der Waals surface area (Å²) in [5.74, 6) is 0.387. The van der Waals surface area contributed by atoms with Gasteiger partial charge in [-0.3, -0.25) is 4.79 Å². The van der Waals surface area contributed by atoms with Gasteiger partial charge in [0.2, 0.25) is 0 Å². The lowest BCUT2D eigenvalue weighted by Gasteiger charge is -2.11. The molecule has 76 valence electrons. The molecule has 2 aliphatic carbocycles. The van der Waals surface area contributed by atoms with Crippen molar-refractivity contribution in [3.63, 3.8) is 0 Å². The zero-order chi connectivity index (χ0) is 9.80. The first-order chi connectivity index (χ1) is 6.86. The molecule has 0 saturated carbocycles. The molecule has 0 spiro atoms. The van der Waals surface area contributed by atoms with Crippen LogP contribution < -0.4 is 0 Å². The van der Waals surface area contributed by atoms with Gasteiger partial charge in [0, 0.05) is 6.42 Å². The van der Waals surface area contributed by atoms with E-state index < -0.39 is 0 Å². The van der Waals surface area contributed by atoms with Gasteiger partial charge in [-0.1, -0.05) is 17.7 Å². The van der Waals surface area contributed by atoms with E-state index in [9.17, 15) is 4.79 Å². The Morgan fingerprint density at radius 3 is 2.57 bits per heavy atom. The fraction of sp³-hybridized carbons (Fsp3) is 0.615. The van der Waals surface area contributed by atoms with Gasteiger partial charge in [0.15, 0.2) is 5.78 Å². The largest absolute Gasteiger partial charge is 0.294 e. The summed E-state index contributed by atoms with van der Waals surface area (Å²) < 4.78 is 0. The maximum atomic E-state index is 11.8. The van der Waals surface area contributed by atoms with Crippen LogP contribution in [-0.4, -0.2) is 5.78 Å². The molecular formula is C13H18O. The van der Waals surface area contributed by atoms with E-state index in [0.717, 1.165) is 24.8 Å². The Morgan fingerprint density at radius 1 is 1.07 bits per heavy atom. The smallest absolute Gasteiger partial charge is 0.162 e. The van der Waals surface area contributed by atoms with Crippen LogP contribution in [-0.2, 0) is 4.79 Å². The van der Waals surface area contributed by atoms with Crippen LogP contribution in [0.5, 0.6) is 0 Å². The molecule has 2 rings (SSSR count). The molecule has 0 heterocycles. The first kappa shape index (κ1) is 9.70. The normalized spacial score (nSPS) is 21.7. The van der Waals surface area contributed by atoms with Crippen LogP contribution in [0.25, 0.3) is 0 Å². The molecule has 0 aromatic carbocycles. The Labute approximate surface area is 85.9 Å². The van der Waals surface area contributed by atoms with E-state index in [1.54, 1.807) is 0 Å². The summed E-state index contributed by atoms with van der Waals surface area (Å²) in [6.07, 6.45) is 13.3. The van der Waals surface area contributed by atoms with Crippen LogP contribution >= 0.6 is 0 Å². The summed E-state index contributed by atoms with van der Waals surface area (Å²) >= 11 is 0. The highest BCUT2D eigenvalue weighted by atomic mass is 16.1. The van der Waals surface area contributed by atoms with Crippen LogP contribution in [0, 0.1) is 0 Å². The van der Waals surface area contributed by atoms with E-state index in [-0.39, 0.29) is 0 Å². The lowest BCUT2D eigenvalue weighted by atomic mass is 9.93. The maximum Gasteiger partial charge on any atom is 0.162 e. The summed E-state index contributed by atoms with van der Waals surface area (Å²) in [6.45, 7) is 0. The summed E-state index contributed by atoms with van der Waals surface area (Å²) in [5.41, 5.74) is 2.48. The van der Waals surface area contributed by atoms with E-state index in [0.29, 0.717) is 12.2 Å². The summed E-state index contributed by atoms with van der Waals surface area (Å²) in [5, 5.41) is 0. The average molecular weight is 190 g/mol. The predicted octanol–water partition coefficient (Wildman–Crippen LogP) is 3.56. The van der Waals surface area contributed by atoms with Crippen molar-refractivity contribution in [2.75, 3.05) is 0 Å². The molecule has 0 atom stereocenters. The summed E-state index contributed by atoms with van der Waals surface area (Å²) in [7, 11) is 0. The average Bonchev–Trinajstić information content (AvgIpc) is 2.72. The Hall–Kier alpha value is -0.850. The van der Waals surface area contributed by atoms with Gasteiger partial charge in [-0.25, -0.2) is 0 Å². The second-order valence-electron chi connectivity index (χ2n) is 4.33. The summed E-state index contributed by atoms with van der Waals surface area (Å²) in [6, 6.07) is 0. The molecule has 0 fully saturated rings. The number of Topliss-reactive ketones (excluding diaryl/α,β-unsaturated/α-hetero) is 1. The number of allylic oxidation sites excluding steroid dienone is 4. The molecule has 1 nitrogen and oxygen atoms in total. The lowest BCUT2D eigenvalue weighted by Crippen LogP contribution is -2.06. The van der Waals surface area contributed by atoms with Crippen molar-refractivity contribution in [2.24, 2.45) is 0 Å². The standard InChI is InChI=1S/C13H18O/c14-13(10-11-6-4-5-7-11)12-8-2-1-3-9-12/h6,8H,1-5,7,9-10H2. The first-order valence-electron chi connectivity index (χ1n) is 5.76. The van der Waals surface area contributed by atoms with Crippen molar-refractivity contribution >= 4 is 5.78 Å². The number of hydrogen-bond acceptors (Lipinski definition) is 1. The first-order valence-corrected chi connectivity index (χ1v) is 5.76. The molecular weight excluding hydrogens is 172 g/mol. The Bertz CT molecular complexity index is 284. The van der Waals surface area contributed by atoms with Crippen LogP contribution in [0.1, 0.15) is 51.4 Å². The number of hydrogen-bond donors (Lipinski definition) is 0. The van der Waals surface area contributed by atoms with Crippen LogP contribution in [0.3, 0.4) is 0 Å². The molecule has 2 aliphatic rings. The van der Waals surface area contributed by atoms with Gasteiger partial charge >= 0.3 is 0 Å². The van der Waals surface area contributed by atoms with Crippen LogP contribution in [0.4, 0.5) is 0 Å². The highest BCUT2D eigenvalue weighted by molar-refractivity contribution is 5.96. The number of rotatable bonds is 3. The fourth-order valence-corrected chi connectivity index (χ4v) is 2.31. The van der Waals surface area contributed by atoms with Crippen molar-refractivity contribution in [2.45, 2.75) is 51.4 Å². The second kappa shape index (κ2) is 4.59. The second-order valence-corrected chi connectivity index (χ2v) is 4.33. The minimum absolute atomic E-state index is 0.387. The predicted molar refractivity (Wildman–Crippen MR) is 58.1 cm³/mol. The van der Waals surface area contributed by atoms with Crippen LogP contribution in [0.2, 0.25) is 0 Å². The quantitative estimate of drug-likeness (QED) is 0.622. The van der Waals surface area contributed by atoms with Crippen molar-refractivity contribution < 1.29 is 4.79 Å². The SMILES string of the molecule is O=C(CC1=CCCC1)C1=CCCCC1. The van der Waals surface area contributed by atoms with Crippen molar-refractivity contribution in [1.29, 1.82) is 0 Å². The van der Waals surface area contributed by atoms with E-state index in [2.05, 4.69) is 12.2 Å². The van der Waals surface area contributed by atoms with Gasteiger partial charge in [0.25, 0.3) is 0 Å². The van der Waals surface area contributed by atoms with E-state index in [4.69, 9.17) is 0 Å². The monoisotopic (exact) mass is 190 g/mol. The van der Waals surface area contributed by atoms with Crippen molar-refractivity contribution in [1.82, 2.24) is 0 Å². The minimum Gasteiger partial charge on any atom is -0.294 e. The van der Waals surface area contributed by atoms with Gasteiger partial charge in [-0.2, -0.15) is 0 Å². The van der Waals surface area contributed by atoms with E-state index in [1.165, 1.54) is 31.3 Å². The number of carbonyl (C=O) groups excluding carboxylic acids is 1. The molecule has 0 N–H and O–H groups in total. The van der Waals surface area contributed by atoms with E-state index in [1.807, 2.05) is 0 Å². The zero-order valence-corrected chi connectivity index (χ0v) is 8.72. The molecule has 0 radical (unpaired) electrons. The number of ketones is 1. The van der Waals surface area contributed by atoms with Gasteiger partial charge < -0.3 is 0 Å². The van der Waals surface area contributed by atoms with Gasteiger partial charge in [-0.05, 0) is 50.5 Å². The zero-order valence-electron chi connectivity index (χ0n) is 8.72. The molecule has 0 saturated heterocycles. The highest BCUT2D eigenvalue weighted by Gasteiger charge is 2.15. The van der Waals surface area contributed by atoms with E-state index >= 15 is 0 Å². The van der Waals surface area contributed by atoms with Crippen molar-refractivity contribution in [3.8, 4) is 0 Å². The Kier molecular flexibility index (Phi) is 3.18. The molecule has 0 aromatic heterocycles. The minimum atomic E-state index is 0.387. The molecule has 0 aliphatic heterocycles. The third kappa shape index (κ3) is 2.34. The third-order valence-electron chi connectivity index (χ3n) is 3.17. The Balaban J connectivity index is 1.91. The molecule has 1 heteroatoms.